The van der Waals surface area contributed by atoms with E-state index in [-0.39, 0.29) is 25.8 Å². The molecule has 0 saturated carbocycles. The number of hydrogen-bond donors (Lipinski definition) is 1. The fraction of sp³-hybridized carbons (Fsp3) is 1.00. The summed E-state index contributed by atoms with van der Waals surface area (Å²) in [5.41, 5.74) is 0. The fourth-order valence-electron chi connectivity index (χ4n) is 0.539. The van der Waals surface area contributed by atoms with E-state index in [1.807, 2.05) is 0 Å². The van der Waals surface area contributed by atoms with Crippen LogP contribution in [0.3, 0.4) is 0 Å². The monoisotopic (exact) mass is 147 g/mol. The molecule has 2 heteroatoms. The van der Waals surface area contributed by atoms with Gasteiger partial charge in [-0.05, 0) is 6.42 Å². The molecular weight excluding hydrogens is 133 g/mol. The largest absolute Gasteiger partial charge is 0.396 e. The van der Waals surface area contributed by atoms with Crippen molar-refractivity contribution in [3.05, 3.63) is 0 Å². The Morgan fingerprint density at radius 3 is 2.12 bits per heavy atom. The molecule has 0 saturated heterocycles. The molecule has 0 aliphatic heterocycles. The fourth-order valence-corrected chi connectivity index (χ4v) is 0.539. The van der Waals surface area contributed by atoms with Gasteiger partial charge in [0.1, 0.15) is 0 Å². The molecule has 47 valence electrons. The smallest absolute Gasteiger partial charge is 0.0431 e. The number of rotatable bonds is 4. The van der Waals surface area contributed by atoms with Crippen LogP contribution in [-0.2, 0) is 25.8 Å². The first-order valence-electron chi connectivity index (χ1n) is 3.02. The molecule has 0 aliphatic rings. The van der Waals surface area contributed by atoms with Gasteiger partial charge in [-0.1, -0.05) is 26.2 Å². The molecule has 0 fully saturated rings. The first-order valence-corrected chi connectivity index (χ1v) is 3.02. The number of unbranched alkanes of at least 4 members (excludes halogenated alkanes) is 3. The van der Waals surface area contributed by atoms with Crippen LogP contribution in [0.15, 0.2) is 0 Å². The van der Waals surface area contributed by atoms with Gasteiger partial charge >= 0.3 is 0 Å². The van der Waals surface area contributed by atoms with E-state index in [0.29, 0.717) is 6.61 Å². The Bertz CT molecular complexity index is 27.7. The van der Waals surface area contributed by atoms with E-state index in [2.05, 4.69) is 6.92 Å². The van der Waals surface area contributed by atoms with E-state index in [1.54, 1.807) is 0 Å². The van der Waals surface area contributed by atoms with Crippen LogP contribution >= 0.6 is 0 Å². The molecule has 0 atom stereocenters. The van der Waals surface area contributed by atoms with Gasteiger partial charge in [0, 0.05) is 32.5 Å². The zero-order valence-corrected chi connectivity index (χ0v) is 7.36. The van der Waals surface area contributed by atoms with Crippen LogP contribution in [0.2, 0.25) is 0 Å². The molecule has 0 aliphatic carbocycles. The quantitative estimate of drug-likeness (QED) is 0.598. The summed E-state index contributed by atoms with van der Waals surface area (Å²) < 4.78 is 0. The molecule has 1 nitrogen and oxygen atoms in total. The predicted molar refractivity (Wildman–Crippen MR) is 31.2 cm³/mol. The zero-order chi connectivity index (χ0) is 5.54. The molecule has 0 heterocycles. The summed E-state index contributed by atoms with van der Waals surface area (Å²) >= 11 is 0. The molecular formula is C6H14OSc. The average Bonchev–Trinajstić information content (AvgIpc) is 1.69. The van der Waals surface area contributed by atoms with Crippen molar-refractivity contribution in [3.8, 4) is 0 Å². The number of aliphatic hydroxyl groups excluding tert-OH is 1. The van der Waals surface area contributed by atoms with Crippen LogP contribution in [0.4, 0.5) is 0 Å². The maximum atomic E-state index is 8.29. The van der Waals surface area contributed by atoms with E-state index >= 15 is 0 Å². The van der Waals surface area contributed by atoms with E-state index in [9.17, 15) is 0 Å². The van der Waals surface area contributed by atoms with Gasteiger partial charge in [0.25, 0.3) is 0 Å². The van der Waals surface area contributed by atoms with Crippen LogP contribution in [-0.4, -0.2) is 11.7 Å². The minimum Gasteiger partial charge on any atom is -0.396 e. The predicted octanol–water partition coefficient (Wildman–Crippen LogP) is 1.56. The molecule has 1 radical (unpaired) electrons. The molecule has 0 aromatic rings. The second-order valence-corrected chi connectivity index (χ2v) is 1.78. The van der Waals surface area contributed by atoms with Gasteiger partial charge < -0.3 is 5.11 Å². The molecule has 0 amide bonds. The molecule has 0 spiro atoms. The molecule has 1 N–H and O–H groups in total. The Kier molecular flexibility index (Phi) is 15.6. The zero-order valence-electron chi connectivity index (χ0n) is 5.56. The number of aliphatic hydroxyl groups is 1. The van der Waals surface area contributed by atoms with Crippen LogP contribution in [0.5, 0.6) is 0 Å². The topological polar surface area (TPSA) is 20.2 Å². The van der Waals surface area contributed by atoms with Crippen molar-refractivity contribution >= 4 is 0 Å². The molecule has 8 heavy (non-hydrogen) atoms. The van der Waals surface area contributed by atoms with Crippen molar-refractivity contribution in [1.29, 1.82) is 0 Å². The third-order valence-electron chi connectivity index (χ3n) is 1.01. The molecule has 0 bridgehead atoms. The van der Waals surface area contributed by atoms with Gasteiger partial charge in [0.2, 0.25) is 0 Å². The SMILES string of the molecule is CCCCCCO.[Sc]. The van der Waals surface area contributed by atoms with Crippen molar-refractivity contribution in [3.63, 3.8) is 0 Å². The summed E-state index contributed by atoms with van der Waals surface area (Å²) in [4.78, 5) is 0. The Hall–Kier alpha value is 0.830. The van der Waals surface area contributed by atoms with Crippen LogP contribution < -0.4 is 0 Å². The molecule has 0 aromatic carbocycles. The van der Waals surface area contributed by atoms with Gasteiger partial charge in [0.05, 0.1) is 0 Å². The first kappa shape index (κ1) is 11.6. The van der Waals surface area contributed by atoms with Gasteiger partial charge in [-0.2, -0.15) is 0 Å². The van der Waals surface area contributed by atoms with Crippen molar-refractivity contribution in [2.24, 2.45) is 0 Å². The van der Waals surface area contributed by atoms with E-state index in [0.717, 1.165) is 6.42 Å². The molecule has 0 rings (SSSR count). The third kappa shape index (κ3) is 9.95. The van der Waals surface area contributed by atoms with Crippen molar-refractivity contribution < 1.29 is 30.9 Å². The minimum atomic E-state index is 0. The Morgan fingerprint density at radius 1 is 1.12 bits per heavy atom. The van der Waals surface area contributed by atoms with E-state index in [1.165, 1.54) is 19.3 Å². The van der Waals surface area contributed by atoms with E-state index < -0.39 is 0 Å². The first-order chi connectivity index (χ1) is 3.41. The van der Waals surface area contributed by atoms with Crippen molar-refractivity contribution in [1.82, 2.24) is 0 Å². The normalized spacial score (nSPS) is 8.25. The van der Waals surface area contributed by atoms with Crippen LogP contribution in [0.25, 0.3) is 0 Å². The van der Waals surface area contributed by atoms with Crippen LogP contribution in [0, 0.1) is 0 Å². The van der Waals surface area contributed by atoms with Gasteiger partial charge in [-0.15, -0.1) is 0 Å². The number of hydrogen-bond acceptors (Lipinski definition) is 1. The third-order valence-corrected chi connectivity index (χ3v) is 1.01. The summed E-state index contributed by atoms with van der Waals surface area (Å²) in [7, 11) is 0. The van der Waals surface area contributed by atoms with Gasteiger partial charge in [0.15, 0.2) is 0 Å². The second kappa shape index (κ2) is 10.7. The maximum Gasteiger partial charge on any atom is 0.0431 e. The van der Waals surface area contributed by atoms with Crippen molar-refractivity contribution in [2.75, 3.05) is 6.61 Å². The molecule has 0 unspecified atom stereocenters. The van der Waals surface area contributed by atoms with Crippen molar-refractivity contribution in [2.45, 2.75) is 32.6 Å². The molecule has 0 aromatic heterocycles. The summed E-state index contributed by atoms with van der Waals surface area (Å²) in [6.07, 6.45) is 4.68. The summed E-state index contributed by atoms with van der Waals surface area (Å²) in [6.45, 7) is 2.53. The second-order valence-electron chi connectivity index (χ2n) is 1.78. The maximum absolute atomic E-state index is 8.29. The Morgan fingerprint density at radius 2 is 1.75 bits per heavy atom. The standard InChI is InChI=1S/C6H14O.Sc/c1-2-3-4-5-6-7;/h7H,2-6H2,1H3;. The summed E-state index contributed by atoms with van der Waals surface area (Å²) in [5.74, 6) is 0. The summed E-state index contributed by atoms with van der Waals surface area (Å²) in [6, 6.07) is 0. The summed E-state index contributed by atoms with van der Waals surface area (Å²) in [5, 5.41) is 8.29. The van der Waals surface area contributed by atoms with E-state index in [4.69, 9.17) is 5.11 Å². The van der Waals surface area contributed by atoms with Crippen LogP contribution in [0.1, 0.15) is 32.6 Å². The minimum absolute atomic E-state index is 0. The van der Waals surface area contributed by atoms with Gasteiger partial charge in [-0.25, -0.2) is 0 Å². The Labute approximate surface area is 70.3 Å². The Balaban J connectivity index is 0. The average molecular weight is 147 g/mol. The van der Waals surface area contributed by atoms with Gasteiger partial charge in [-0.3, -0.25) is 0 Å².